The number of imide groups is 1. The van der Waals surface area contributed by atoms with Crippen LogP contribution in [0, 0.1) is 0 Å². The topological polar surface area (TPSA) is 76.1 Å². The van der Waals surface area contributed by atoms with E-state index in [0.29, 0.717) is 16.9 Å². The van der Waals surface area contributed by atoms with Crippen molar-refractivity contribution in [3.63, 3.8) is 0 Å². The number of benzene rings is 1. The maximum atomic E-state index is 11.7. The Labute approximate surface area is 110 Å². The lowest BCUT2D eigenvalue weighted by atomic mass is 10.1. The van der Waals surface area contributed by atoms with E-state index in [1.165, 1.54) is 7.11 Å². The number of aliphatic hydroxyl groups is 1. The Hall–Kier alpha value is -1.92. The molecule has 1 aliphatic heterocycles. The number of aliphatic hydroxyl groups excluding tert-OH is 1. The quantitative estimate of drug-likeness (QED) is 0.780. The minimum absolute atomic E-state index is 0.0895. The van der Waals surface area contributed by atoms with Crippen LogP contribution in [0.4, 0.5) is 0 Å². The maximum absolute atomic E-state index is 11.7. The molecular weight excluding hydrogens is 250 g/mol. The van der Waals surface area contributed by atoms with Crippen LogP contribution in [0.15, 0.2) is 18.2 Å². The minimum atomic E-state index is -0.368. The average Bonchev–Trinajstić information content (AvgIpc) is 2.42. The van der Waals surface area contributed by atoms with Crippen LogP contribution in [0.2, 0.25) is 0 Å². The molecule has 1 N–H and O–H groups in total. The van der Waals surface area contributed by atoms with E-state index >= 15 is 0 Å². The third-order valence-corrected chi connectivity index (χ3v) is 2.91. The van der Waals surface area contributed by atoms with Gasteiger partial charge in [0.05, 0.1) is 20.3 Å². The highest BCUT2D eigenvalue weighted by atomic mass is 16.5. The molecule has 1 heterocycles. The first kappa shape index (κ1) is 13.5. The molecule has 0 bridgehead atoms. The fourth-order valence-electron chi connectivity index (χ4n) is 1.92. The van der Waals surface area contributed by atoms with Crippen molar-refractivity contribution in [3.8, 4) is 5.75 Å². The van der Waals surface area contributed by atoms with E-state index in [1.54, 1.807) is 18.2 Å². The van der Waals surface area contributed by atoms with Crippen LogP contribution in [-0.2, 0) is 27.5 Å². The smallest absolute Gasteiger partial charge is 0.255 e. The number of methoxy groups -OCH3 is 1. The van der Waals surface area contributed by atoms with Crippen molar-refractivity contribution >= 4 is 11.8 Å². The molecule has 0 saturated carbocycles. The Morgan fingerprint density at radius 2 is 2.00 bits per heavy atom. The molecular formula is C13H15NO5. The lowest BCUT2D eigenvalue weighted by Gasteiger charge is -2.25. The minimum Gasteiger partial charge on any atom is -0.496 e. The average molecular weight is 265 g/mol. The van der Waals surface area contributed by atoms with E-state index in [4.69, 9.17) is 14.6 Å². The molecule has 19 heavy (non-hydrogen) atoms. The molecule has 2 rings (SSSR count). The predicted molar refractivity (Wildman–Crippen MR) is 65.3 cm³/mol. The summed E-state index contributed by atoms with van der Waals surface area (Å²) in [7, 11) is 1.51. The van der Waals surface area contributed by atoms with Crippen LogP contribution in [0.25, 0.3) is 0 Å². The second-order valence-electron chi connectivity index (χ2n) is 4.17. The zero-order valence-electron chi connectivity index (χ0n) is 10.6. The highest BCUT2D eigenvalue weighted by Crippen LogP contribution is 2.22. The number of carbonyl (C=O) groups is 2. The number of rotatable bonds is 4. The lowest BCUT2D eigenvalue weighted by molar-refractivity contribution is -0.159. The number of hydrogen-bond donors (Lipinski definition) is 1. The van der Waals surface area contributed by atoms with Gasteiger partial charge >= 0.3 is 0 Å². The number of amides is 2. The zero-order chi connectivity index (χ0) is 13.8. The molecule has 0 atom stereocenters. The number of hydrogen-bond acceptors (Lipinski definition) is 5. The molecule has 1 aromatic rings. The molecule has 0 unspecified atom stereocenters. The Morgan fingerprint density at radius 1 is 1.32 bits per heavy atom. The van der Waals surface area contributed by atoms with Gasteiger partial charge in [0.25, 0.3) is 11.8 Å². The summed E-state index contributed by atoms with van der Waals surface area (Å²) < 4.78 is 10.0. The number of ether oxygens (including phenoxy) is 2. The molecule has 0 spiro atoms. The van der Waals surface area contributed by atoms with Gasteiger partial charge in [0.15, 0.2) is 0 Å². The molecule has 1 aliphatic rings. The number of carbonyl (C=O) groups excluding carboxylic acids is 2. The van der Waals surface area contributed by atoms with Gasteiger partial charge in [0.1, 0.15) is 19.0 Å². The molecule has 102 valence electrons. The summed E-state index contributed by atoms with van der Waals surface area (Å²) in [4.78, 5) is 24.4. The van der Waals surface area contributed by atoms with Crippen LogP contribution in [0.1, 0.15) is 11.1 Å². The van der Waals surface area contributed by atoms with Crippen LogP contribution in [0.3, 0.4) is 0 Å². The summed E-state index contributed by atoms with van der Waals surface area (Å²) in [6.45, 7) is -0.165. The van der Waals surface area contributed by atoms with Gasteiger partial charge in [-0.3, -0.25) is 14.5 Å². The van der Waals surface area contributed by atoms with Gasteiger partial charge in [-0.1, -0.05) is 6.07 Å². The molecule has 0 radical (unpaired) electrons. The van der Waals surface area contributed by atoms with Crippen molar-refractivity contribution in [1.29, 1.82) is 0 Å². The van der Waals surface area contributed by atoms with Crippen LogP contribution < -0.4 is 4.74 Å². The fraction of sp³-hybridized carbons (Fsp3) is 0.385. The van der Waals surface area contributed by atoms with E-state index in [1.807, 2.05) is 0 Å². The van der Waals surface area contributed by atoms with Gasteiger partial charge < -0.3 is 14.6 Å². The Morgan fingerprint density at radius 3 is 2.58 bits per heavy atom. The van der Waals surface area contributed by atoms with E-state index in [0.717, 1.165) is 4.90 Å². The van der Waals surface area contributed by atoms with Crippen molar-refractivity contribution in [2.75, 3.05) is 20.3 Å². The van der Waals surface area contributed by atoms with Gasteiger partial charge in [0, 0.05) is 5.56 Å². The summed E-state index contributed by atoms with van der Waals surface area (Å²) in [5.74, 6) is -0.162. The van der Waals surface area contributed by atoms with Crippen molar-refractivity contribution < 1.29 is 24.2 Å². The number of nitrogens with zero attached hydrogens (tertiary/aromatic N) is 1. The summed E-state index contributed by atoms with van der Waals surface area (Å²) in [5.41, 5.74) is 1.38. The van der Waals surface area contributed by atoms with Crippen molar-refractivity contribution in [1.82, 2.24) is 4.90 Å². The summed E-state index contributed by atoms with van der Waals surface area (Å²) in [5, 5.41) is 9.13. The Balaban J connectivity index is 2.25. The fourth-order valence-corrected chi connectivity index (χ4v) is 1.92. The van der Waals surface area contributed by atoms with E-state index < -0.39 is 0 Å². The maximum Gasteiger partial charge on any atom is 0.255 e. The Bertz CT molecular complexity index is 484. The third kappa shape index (κ3) is 2.91. The van der Waals surface area contributed by atoms with Gasteiger partial charge in [-0.2, -0.15) is 0 Å². The van der Waals surface area contributed by atoms with E-state index in [9.17, 15) is 9.59 Å². The highest BCUT2D eigenvalue weighted by molar-refractivity contribution is 5.98. The van der Waals surface area contributed by atoms with Crippen molar-refractivity contribution in [2.45, 2.75) is 13.2 Å². The second kappa shape index (κ2) is 5.81. The first-order chi connectivity index (χ1) is 9.15. The Kier molecular flexibility index (Phi) is 4.13. The molecule has 0 aromatic heterocycles. The van der Waals surface area contributed by atoms with Gasteiger partial charge in [-0.15, -0.1) is 0 Å². The largest absolute Gasteiger partial charge is 0.496 e. The number of morpholine rings is 1. The predicted octanol–water partition coefficient (Wildman–Crippen LogP) is 0.0729. The van der Waals surface area contributed by atoms with Crippen LogP contribution in [-0.4, -0.2) is 42.1 Å². The standard InChI is InChI=1S/C13H15NO5/c1-18-11-3-2-9(6-15)4-10(11)5-14-12(16)7-19-8-13(14)17/h2-4,15H,5-8H2,1H3. The summed E-state index contributed by atoms with van der Waals surface area (Å²) in [6, 6.07) is 5.15. The zero-order valence-corrected chi connectivity index (χ0v) is 10.6. The monoisotopic (exact) mass is 265 g/mol. The third-order valence-electron chi connectivity index (χ3n) is 2.91. The normalized spacial score (nSPS) is 15.8. The molecule has 1 saturated heterocycles. The molecule has 6 heteroatoms. The SMILES string of the molecule is COc1ccc(CO)cc1CN1C(=O)COCC1=O. The second-order valence-corrected chi connectivity index (χ2v) is 4.17. The van der Waals surface area contributed by atoms with Crippen LogP contribution in [0.5, 0.6) is 5.75 Å². The van der Waals surface area contributed by atoms with Crippen molar-refractivity contribution in [3.05, 3.63) is 29.3 Å². The van der Waals surface area contributed by atoms with Gasteiger partial charge in [-0.05, 0) is 17.7 Å². The van der Waals surface area contributed by atoms with Crippen molar-refractivity contribution in [2.24, 2.45) is 0 Å². The van der Waals surface area contributed by atoms with Gasteiger partial charge in [0.2, 0.25) is 0 Å². The summed E-state index contributed by atoms with van der Waals surface area (Å²) >= 11 is 0. The molecule has 6 nitrogen and oxygen atoms in total. The molecule has 1 aromatic carbocycles. The van der Waals surface area contributed by atoms with Gasteiger partial charge in [-0.25, -0.2) is 0 Å². The first-order valence-electron chi connectivity index (χ1n) is 5.83. The van der Waals surface area contributed by atoms with E-state index in [2.05, 4.69) is 0 Å². The lowest BCUT2D eigenvalue weighted by Crippen LogP contribution is -2.45. The molecule has 1 fully saturated rings. The summed E-state index contributed by atoms with van der Waals surface area (Å²) in [6.07, 6.45) is 0. The first-order valence-corrected chi connectivity index (χ1v) is 5.83. The molecule has 2 amide bonds. The molecule has 0 aliphatic carbocycles. The van der Waals surface area contributed by atoms with E-state index in [-0.39, 0.29) is 38.2 Å². The highest BCUT2D eigenvalue weighted by Gasteiger charge is 2.27. The van der Waals surface area contributed by atoms with Crippen LogP contribution >= 0.6 is 0 Å².